The number of aromatic nitrogens is 1. The van der Waals surface area contributed by atoms with Crippen molar-refractivity contribution in [1.29, 1.82) is 0 Å². The Hall–Kier alpha value is -2.51. The predicted octanol–water partition coefficient (Wildman–Crippen LogP) is 1.44. The highest BCUT2D eigenvalue weighted by Gasteiger charge is 2.21. The van der Waals surface area contributed by atoms with Gasteiger partial charge in [-0.3, -0.25) is 9.69 Å². The van der Waals surface area contributed by atoms with Gasteiger partial charge >= 0.3 is 0 Å². The van der Waals surface area contributed by atoms with Crippen LogP contribution in [0.2, 0.25) is 0 Å². The van der Waals surface area contributed by atoms with Gasteiger partial charge < -0.3 is 24.5 Å². The molecule has 7 heteroatoms. The molecule has 0 radical (unpaired) electrons. The van der Waals surface area contributed by atoms with E-state index < -0.39 is 5.56 Å². The molecular weight excluding hydrogens is 346 g/mol. The van der Waals surface area contributed by atoms with Crippen LogP contribution in [0.4, 0.5) is 0 Å². The lowest BCUT2D eigenvalue weighted by atomic mass is 9.99. The summed E-state index contributed by atoms with van der Waals surface area (Å²) in [6.07, 6.45) is 2.17. The zero-order chi connectivity index (χ0) is 19.4. The first-order chi connectivity index (χ1) is 13.0. The quantitative estimate of drug-likeness (QED) is 0.798. The fourth-order valence-corrected chi connectivity index (χ4v) is 3.45. The second kappa shape index (κ2) is 8.45. The van der Waals surface area contributed by atoms with E-state index in [0.717, 1.165) is 37.3 Å². The first-order valence-electron chi connectivity index (χ1n) is 9.06. The molecule has 1 aromatic carbocycles. The van der Waals surface area contributed by atoms with E-state index in [2.05, 4.69) is 21.8 Å². The molecule has 2 heterocycles. The van der Waals surface area contributed by atoms with E-state index >= 15 is 0 Å². The summed E-state index contributed by atoms with van der Waals surface area (Å²) in [7, 11) is 5.34. The molecule has 7 nitrogen and oxygen atoms in total. The van der Waals surface area contributed by atoms with Crippen molar-refractivity contribution in [2.45, 2.75) is 13.0 Å². The minimum absolute atomic E-state index is 0.208. The molecule has 3 rings (SSSR count). The molecule has 1 aliphatic rings. The summed E-state index contributed by atoms with van der Waals surface area (Å²) in [4.78, 5) is 19.2. The summed E-state index contributed by atoms with van der Waals surface area (Å²) in [6, 6.07) is 5.63. The molecule has 0 aliphatic carbocycles. The molecule has 0 saturated carbocycles. The van der Waals surface area contributed by atoms with Gasteiger partial charge in [0.25, 0.3) is 5.56 Å². The van der Waals surface area contributed by atoms with Crippen molar-refractivity contribution >= 4 is 0 Å². The number of benzene rings is 1. The third-order valence-electron chi connectivity index (χ3n) is 5.14. The second-order valence-electron chi connectivity index (χ2n) is 6.87. The van der Waals surface area contributed by atoms with E-state index in [-0.39, 0.29) is 5.75 Å². The molecule has 2 N–H and O–H groups in total. The molecule has 0 bridgehead atoms. The first kappa shape index (κ1) is 19.3. The van der Waals surface area contributed by atoms with Gasteiger partial charge in [-0.15, -0.1) is 0 Å². The summed E-state index contributed by atoms with van der Waals surface area (Å²) in [6.45, 7) is 4.29. The van der Waals surface area contributed by atoms with Gasteiger partial charge in [-0.2, -0.15) is 0 Å². The minimum atomic E-state index is -0.463. The molecular formula is C20H27N3O4. The van der Waals surface area contributed by atoms with Crippen LogP contribution in [0, 0.1) is 0 Å². The third kappa shape index (κ3) is 4.26. The van der Waals surface area contributed by atoms with Gasteiger partial charge in [-0.25, -0.2) is 0 Å². The number of H-pyrrole nitrogens is 1. The zero-order valence-corrected chi connectivity index (χ0v) is 16.1. The fourth-order valence-electron chi connectivity index (χ4n) is 3.45. The average molecular weight is 373 g/mol. The maximum Gasteiger partial charge on any atom is 0.290 e. The van der Waals surface area contributed by atoms with Gasteiger partial charge in [0.2, 0.25) is 0 Å². The molecule has 27 heavy (non-hydrogen) atoms. The van der Waals surface area contributed by atoms with E-state index in [0.29, 0.717) is 30.0 Å². The topological polar surface area (TPSA) is 78.0 Å². The number of aromatic amines is 1. The zero-order valence-electron chi connectivity index (χ0n) is 16.1. The number of methoxy groups -OCH3 is 2. The third-order valence-corrected chi connectivity index (χ3v) is 5.14. The lowest BCUT2D eigenvalue weighted by Crippen LogP contribution is -2.44. The second-order valence-corrected chi connectivity index (χ2v) is 6.87. The van der Waals surface area contributed by atoms with Crippen molar-refractivity contribution in [3.8, 4) is 17.2 Å². The average Bonchev–Trinajstić information content (AvgIpc) is 2.69. The number of nitrogens with one attached hydrogen (secondary N) is 1. The Kier molecular flexibility index (Phi) is 6.03. The molecule has 2 aromatic rings. The highest BCUT2D eigenvalue weighted by molar-refractivity contribution is 5.49. The molecule has 0 atom stereocenters. The van der Waals surface area contributed by atoms with Crippen molar-refractivity contribution in [1.82, 2.24) is 14.8 Å². The highest BCUT2D eigenvalue weighted by Crippen LogP contribution is 2.32. The number of nitrogens with zero attached hydrogens (tertiary/aromatic N) is 2. The molecule has 1 saturated heterocycles. The van der Waals surface area contributed by atoms with Crippen LogP contribution in [0.1, 0.15) is 16.7 Å². The standard InChI is InChI=1S/C20H27N3O4/c1-22-7-9-23(10-8-22)13-16-14(12-21-20(25)19(16)24)11-15-17(26-2)5-4-6-18(15)27-3/h4-6,12,24H,7-11,13H2,1-3H3,(H,21,25). The van der Waals surface area contributed by atoms with Crippen molar-refractivity contribution in [2.75, 3.05) is 47.4 Å². The predicted molar refractivity (Wildman–Crippen MR) is 104 cm³/mol. The van der Waals surface area contributed by atoms with Crippen LogP contribution in [-0.2, 0) is 13.0 Å². The van der Waals surface area contributed by atoms with Crippen LogP contribution >= 0.6 is 0 Å². The van der Waals surface area contributed by atoms with Gasteiger partial charge in [0, 0.05) is 56.5 Å². The van der Waals surface area contributed by atoms with Crippen LogP contribution < -0.4 is 15.0 Å². The van der Waals surface area contributed by atoms with E-state index in [9.17, 15) is 9.90 Å². The number of piperazine rings is 1. The maximum absolute atomic E-state index is 12.0. The Labute approximate surface area is 159 Å². The fraction of sp³-hybridized carbons (Fsp3) is 0.450. The van der Waals surface area contributed by atoms with Crippen LogP contribution in [0.15, 0.2) is 29.2 Å². The summed E-state index contributed by atoms with van der Waals surface area (Å²) in [5, 5.41) is 10.4. The number of hydrogen-bond acceptors (Lipinski definition) is 6. The summed E-state index contributed by atoms with van der Waals surface area (Å²) >= 11 is 0. The van der Waals surface area contributed by atoms with Gasteiger partial charge in [0.15, 0.2) is 5.75 Å². The number of rotatable bonds is 6. The maximum atomic E-state index is 12.0. The Bertz CT molecular complexity index is 819. The monoisotopic (exact) mass is 373 g/mol. The molecule has 0 unspecified atom stereocenters. The summed E-state index contributed by atoms with van der Waals surface area (Å²) in [5.74, 6) is 1.22. The minimum Gasteiger partial charge on any atom is -0.503 e. The van der Waals surface area contributed by atoms with Crippen LogP contribution in [0.25, 0.3) is 0 Å². The normalized spacial score (nSPS) is 15.7. The van der Waals surface area contributed by atoms with Crippen molar-refractivity contribution in [3.05, 3.63) is 51.4 Å². The van der Waals surface area contributed by atoms with E-state index in [1.807, 2.05) is 18.2 Å². The van der Waals surface area contributed by atoms with Gasteiger partial charge in [0.1, 0.15) is 11.5 Å². The molecule has 1 aliphatic heterocycles. The van der Waals surface area contributed by atoms with E-state index in [1.165, 1.54) is 0 Å². The number of hydrogen-bond donors (Lipinski definition) is 2. The molecule has 0 spiro atoms. The molecule has 1 fully saturated rings. The van der Waals surface area contributed by atoms with Crippen molar-refractivity contribution in [3.63, 3.8) is 0 Å². The molecule has 0 amide bonds. The van der Waals surface area contributed by atoms with Gasteiger partial charge in [0.05, 0.1) is 14.2 Å². The number of pyridine rings is 1. The van der Waals surface area contributed by atoms with E-state index in [4.69, 9.17) is 9.47 Å². The number of likely N-dealkylation sites (N-methyl/N-ethyl adjacent to an activating group) is 1. The molecule has 1 aromatic heterocycles. The Morgan fingerprint density at radius 1 is 1.07 bits per heavy atom. The van der Waals surface area contributed by atoms with E-state index in [1.54, 1.807) is 20.4 Å². The Morgan fingerprint density at radius 2 is 1.70 bits per heavy atom. The lowest BCUT2D eigenvalue weighted by Gasteiger charge is -2.32. The van der Waals surface area contributed by atoms with Crippen molar-refractivity contribution in [2.24, 2.45) is 0 Å². The van der Waals surface area contributed by atoms with Gasteiger partial charge in [-0.05, 0) is 24.7 Å². The van der Waals surface area contributed by atoms with Crippen LogP contribution in [-0.4, -0.2) is 67.3 Å². The first-order valence-corrected chi connectivity index (χ1v) is 9.06. The number of aromatic hydroxyl groups is 1. The summed E-state index contributed by atoms with van der Waals surface area (Å²) < 4.78 is 11.0. The van der Waals surface area contributed by atoms with Gasteiger partial charge in [-0.1, -0.05) is 6.07 Å². The van der Waals surface area contributed by atoms with Crippen LogP contribution in [0.3, 0.4) is 0 Å². The molecule has 146 valence electrons. The van der Waals surface area contributed by atoms with Crippen molar-refractivity contribution < 1.29 is 14.6 Å². The Balaban J connectivity index is 1.95. The smallest absolute Gasteiger partial charge is 0.290 e. The Morgan fingerprint density at radius 3 is 2.30 bits per heavy atom. The summed E-state index contributed by atoms with van der Waals surface area (Å²) in [5.41, 5.74) is 1.94. The largest absolute Gasteiger partial charge is 0.503 e. The van der Waals surface area contributed by atoms with Crippen LogP contribution in [0.5, 0.6) is 17.2 Å². The SMILES string of the molecule is COc1cccc(OC)c1Cc1c[nH]c(=O)c(O)c1CN1CCN(C)CC1. The lowest BCUT2D eigenvalue weighted by molar-refractivity contribution is 0.147. The highest BCUT2D eigenvalue weighted by atomic mass is 16.5. The number of ether oxygens (including phenoxy) is 2.